The maximum atomic E-state index is 11.7. The number of ether oxygens (including phenoxy) is 1. The van der Waals surface area contributed by atoms with Gasteiger partial charge in [0.1, 0.15) is 35.4 Å². The first-order valence-electron chi connectivity index (χ1n) is 4.97. The number of rotatable bonds is 4. The van der Waals surface area contributed by atoms with Gasteiger partial charge in [0.2, 0.25) is 0 Å². The highest BCUT2D eigenvalue weighted by Crippen LogP contribution is 2.25. The van der Waals surface area contributed by atoms with Crippen molar-refractivity contribution in [2.45, 2.75) is 6.54 Å². The molecule has 0 saturated carbocycles. The summed E-state index contributed by atoms with van der Waals surface area (Å²) in [7, 11) is 1.80. The van der Waals surface area contributed by atoms with E-state index < -0.39 is 0 Å². The van der Waals surface area contributed by atoms with E-state index in [1.54, 1.807) is 18.0 Å². The zero-order valence-corrected chi connectivity index (χ0v) is 11.1. The molecule has 0 radical (unpaired) electrons. The number of hydrogen-bond donors (Lipinski definition) is 0. The summed E-state index contributed by atoms with van der Waals surface area (Å²) in [6.07, 6.45) is 0. The molecule has 0 fully saturated rings. The molecule has 0 unspecified atom stereocenters. The average Bonchev–Trinajstić information content (AvgIpc) is 2.56. The molecule has 0 bridgehead atoms. The van der Waals surface area contributed by atoms with Gasteiger partial charge in [0.05, 0.1) is 6.61 Å². The Morgan fingerprint density at radius 2 is 2.25 bits per heavy atom. The Kier molecular flexibility index (Phi) is 3.65. The number of halogens is 1. The van der Waals surface area contributed by atoms with Crippen molar-refractivity contribution >= 4 is 28.9 Å². The zero-order chi connectivity index (χ0) is 11.5. The summed E-state index contributed by atoms with van der Waals surface area (Å²) in [5.74, 6) is 0.779. The standard InChI is InChI=1S/C11H12INO3/c1-13-7-8-2-3-9(15-4-5-16-12)6-10(8)11(13)14/h2-3,6H,4-5,7H2,1H3. The van der Waals surface area contributed by atoms with E-state index in [1.807, 2.05) is 35.1 Å². The summed E-state index contributed by atoms with van der Waals surface area (Å²) >= 11 is 1.82. The van der Waals surface area contributed by atoms with E-state index in [0.717, 1.165) is 16.9 Å². The van der Waals surface area contributed by atoms with Gasteiger partial charge >= 0.3 is 0 Å². The predicted molar refractivity (Wildman–Crippen MR) is 67.7 cm³/mol. The highest BCUT2D eigenvalue weighted by Gasteiger charge is 2.24. The van der Waals surface area contributed by atoms with Crippen LogP contribution in [0.3, 0.4) is 0 Å². The fraction of sp³-hybridized carbons (Fsp3) is 0.364. The van der Waals surface area contributed by atoms with E-state index in [1.165, 1.54) is 0 Å². The molecule has 1 aliphatic heterocycles. The quantitative estimate of drug-likeness (QED) is 0.625. The Balaban J connectivity index is 2.11. The van der Waals surface area contributed by atoms with Gasteiger partial charge in [-0.1, -0.05) is 6.07 Å². The Morgan fingerprint density at radius 3 is 3.00 bits per heavy atom. The van der Waals surface area contributed by atoms with Crippen molar-refractivity contribution < 1.29 is 12.6 Å². The van der Waals surface area contributed by atoms with Gasteiger partial charge in [0.15, 0.2) is 0 Å². The zero-order valence-electron chi connectivity index (χ0n) is 8.90. The number of fused-ring (bicyclic) bond motifs is 1. The second-order valence-electron chi connectivity index (χ2n) is 3.64. The minimum Gasteiger partial charge on any atom is -0.491 e. The van der Waals surface area contributed by atoms with Crippen molar-refractivity contribution in [2.24, 2.45) is 0 Å². The number of benzene rings is 1. The summed E-state index contributed by atoms with van der Waals surface area (Å²) in [6, 6.07) is 5.63. The molecule has 1 amide bonds. The second kappa shape index (κ2) is 5.01. The highest BCUT2D eigenvalue weighted by atomic mass is 127. The summed E-state index contributed by atoms with van der Waals surface area (Å²) in [4.78, 5) is 13.4. The molecule has 4 nitrogen and oxygen atoms in total. The van der Waals surface area contributed by atoms with Crippen LogP contribution in [0.5, 0.6) is 5.75 Å². The molecule has 0 N–H and O–H groups in total. The van der Waals surface area contributed by atoms with Gasteiger partial charge in [-0.05, 0) is 17.7 Å². The molecule has 0 aliphatic carbocycles. The summed E-state index contributed by atoms with van der Waals surface area (Å²) in [5, 5.41) is 0. The van der Waals surface area contributed by atoms with Crippen molar-refractivity contribution in [2.75, 3.05) is 20.3 Å². The smallest absolute Gasteiger partial charge is 0.254 e. The van der Waals surface area contributed by atoms with Crippen LogP contribution in [-0.4, -0.2) is 31.1 Å². The molecule has 1 aromatic carbocycles. The highest BCUT2D eigenvalue weighted by molar-refractivity contribution is 14.1. The molecular formula is C11H12INO3. The minimum absolute atomic E-state index is 0.0607. The Bertz CT molecular complexity index is 408. The number of nitrogens with zero attached hydrogens (tertiary/aromatic N) is 1. The fourth-order valence-electron chi connectivity index (χ4n) is 1.71. The lowest BCUT2D eigenvalue weighted by Crippen LogP contribution is -2.17. The molecule has 0 saturated heterocycles. The number of hydrogen-bond acceptors (Lipinski definition) is 3. The van der Waals surface area contributed by atoms with Gasteiger partial charge in [0.25, 0.3) is 5.91 Å². The minimum atomic E-state index is 0.0607. The van der Waals surface area contributed by atoms with Gasteiger partial charge in [-0.2, -0.15) is 0 Å². The summed E-state index contributed by atoms with van der Waals surface area (Å²) in [6.45, 7) is 1.71. The first-order chi connectivity index (χ1) is 7.72. The third-order valence-electron chi connectivity index (χ3n) is 2.50. The first kappa shape index (κ1) is 11.7. The van der Waals surface area contributed by atoms with E-state index in [4.69, 9.17) is 7.80 Å². The molecule has 1 aliphatic rings. The van der Waals surface area contributed by atoms with Crippen molar-refractivity contribution in [1.82, 2.24) is 4.90 Å². The van der Waals surface area contributed by atoms with Crippen molar-refractivity contribution in [3.63, 3.8) is 0 Å². The molecule has 5 heteroatoms. The number of carbonyl (C=O) groups excluding carboxylic acids is 1. The summed E-state index contributed by atoms with van der Waals surface area (Å²) in [5.41, 5.74) is 1.81. The molecular weight excluding hydrogens is 321 g/mol. The molecule has 0 atom stereocenters. The molecule has 16 heavy (non-hydrogen) atoms. The predicted octanol–water partition coefficient (Wildman–Crippen LogP) is 2.02. The number of amides is 1. The SMILES string of the molecule is CN1Cc2ccc(OCCOI)cc2C1=O. The van der Waals surface area contributed by atoms with Gasteiger partial charge in [-0.25, -0.2) is 0 Å². The van der Waals surface area contributed by atoms with Gasteiger partial charge in [-0.15, -0.1) is 0 Å². The van der Waals surface area contributed by atoms with E-state index in [0.29, 0.717) is 19.8 Å². The Hall–Kier alpha value is -0.820. The molecule has 1 heterocycles. The van der Waals surface area contributed by atoms with Gasteiger partial charge in [0, 0.05) is 19.2 Å². The van der Waals surface area contributed by atoms with Crippen LogP contribution in [0, 0.1) is 0 Å². The molecule has 1 aromatic rings. The second-order valence-corrected chi connectivity index (χ2v) is 4.26. The van der Waals surface area contributed by atoms with Crippen LogP contribution in [0.25, 0.3) is 0 Å². The molecule has 0 spiro atoms. The van der Waals surface area contributed by atoms with Crippen LogP contribution in [-0.2, 0) is 9.61 Å². The van der Waals surface area contributed by atoms with E-state index in [9.17, 15) is 4.79 Å². The largest absolute Gasteiger partial charge is 0.491 e. The third kappa shape index (κ3) is 2.30. The van der Waals surface area contributed by atoms with Crippen LogP contribution in [0.15, 0.2) is 18.2 Å². The van der Waals surface area contributed by atoms with Crippen LogP contribution < -0.4 is 4.74 Å². The average molecular weight is 333 g/mol. The molecule has 0 aromatic heterocycles. The lowest BCUT2D eigenvalue weighted by Gasteiger charge is -2.06. The monoisotopic (exact) mass is 333 g/mol. The van der Waals surface area contributed by atoms with E-state index >= 15 is 0 Å². The van der Waals surface area contributed by atoms with Crippen molar-refractivity contribution in [3.8, 4) is 5.75 Å². The van der Waals surface area contributed by atoms with E-state index in [2.05, 4.69) is 0 Å². The van der Waals surface area contributed by atoms with Crippen molar-refractivity contribution in [1.29, 1.82) is 0 Å². The maximum Gasteiger partial charge on any atom is 0.254 e. The third-order valence-corrected chi connectivity index (χ3v) is 2.94. The molecule has 2 rings (SSSR count). The number of carbonyl (C=O) groups is 1. The Morgan fingerprint density at radius 1 is 1.44 bits per heavy atom. The van der Waals surface area contributed by atoms with Crippen molar-refractivity contribution in [3.05, 3.63) is 29.3 Å². The Labute approximate surface area is 108 Å². The summed E-state index contributed by atoms with van der Waals surface area (Å²) < 4.78 is 10.3. The van der Waals surface area contributed by atoms with Crippen LogP contribution in [0.1, 0.15) is 15.9 Å². The van der Waals surface area contributed by atoms with Crippen LogP contribution >= 0.6 is 23.0 Å². The van der Waals surface area contributed by atoms with Crippen LogP contribution in [0.4, 0.5) is 0 Å². The van der Waals surface area contributed by atoms with Gasteiger partial charge in [-0.3, -0.25) is 4.79 Å². The van der Waals surface area contributed by atoms with Gasteiger partial charge < -0.3 is 12.7 Å². The molecule has 86 valence electrons. The lowest BCUT2D eigenvalue weighted by atomic mass is 10.1. The maximum absolute atomic E-state index is 11.7. The normalized spacial score (nSPS) is 14.1. The first-order valence-corrected chi connectivity index (χ1v) is 5.85. The lowest BCUT2D eigenvalue weighted by molar-refractivity contribution is 0.0816. The topological polar surface area (TPSA) is 38.8 Å². The van der Waals surface area contributed by atoms with E-state index in [-0.39, 0.29) is 5.91 Å². The van der Waals surface area contributed by atoms with Crippen LogP contribution in [0.2, 0.25) is 0 Å². The fourth-order valence-corrected chi connectivity index (χ4v) is 1.89.